The molecule has 0 saturated carbocycles. The Hall–Kier alpha value is -1.68. The molecule has 1 aromatic rings. The molecule has 0 heterocycles. The van der Waals surface area contributed by atoms with Gasteiger partial charge >= 0.3 is 0 Å². The van der Waals surface area contributed by atoms with Gasteiger partial charge in [-0.05, 0) is 40.2 Å². The molecule has 3 nitrogen and oxygen atoms in total. The standard InChI is InChI=1S/C12H10BrN3/c13-10-7-4-8-11(12(10)14)16-15-9-5-2-1-3-6-9/h1-8,14-15H/b14-12?,16-11-. The van der Waals surface area contributed by atoms with Gasteiger partial charge in [0, 0.05) is 4.48 Å². The number of hydrogen-bond donors (Lipinski definition) is 2. The average Bonchev–Trinajstić information content (AvgIpc) is 2.32. The summed E-state index contributed by atoms with van der Waals surface area (Å²) in [6, 6.07) is 9.65. The predicted molar refractivity (Wildman–Crippen MR) is 71.4 cm³/mol. The SMILES string of the molecule is N=C1C(Br)=CC=C/C1=N/Nc1ccccc1. The van der Waals surface area contributed by atoms with Gasteiger partial charge in [-0.1, -0.05) is 24.3 Å². The summed E-state index contributed by atoms with van der Waals surface area (Å²) in [4.78, 5) is 0. The first-order valence-electron chi connectivity index (χ1n) is 4.79. The topological polar surface area (TPSA) is 48.2 Å². The minimum Gasteiger partial charge on any atom is -0.297 e. The highest BCUT2D eigenvalue weighted by atomic mass is 79.9. The molecule has 1 aliphatic carbocycles. The minimum absolute atomic E-state index is 0.380. The molecule has 16 heavy (non-hydrogen) atoms. The van der Waals surface area contributed by atoms with Gasteiger partial charge in [0.15, 0.2) is 0 Å². The Balaban J connectivity index is 2.12. The van der Waals surface area contributed by atoms with Gasteiger partial charge in [0.1, 0.15) is 5.71 Å². The van der Waals surface area contributed by atoms with Crippen LogP contribution in [0.2, 0.25) is 0 Å². The van der Waals surface area contributed by atoms with Crippen LogP contribution in [0.3, 0.4) is 0 Å². The van der Waals surface area contributed by atoms with Crippen molar-refractivity contribution in [1.82, 2.24) is 0 Å². The smallest absolute Gasteiger partial charge is 0.109 e. The van der Waals surface area contributed by atoms with Crippen LogP contribution in [0.4, 0.5) is 5.69 Å². The van der Waals surface area contributed by atoms with Crippen molar-refractivity contribution in [2.75, 3.05) is 5.43 Å². The summed E-state index contributed by atoms with van der Waals surface area (Å²) in [6.45, 7) is 0. The fourth-order valence-corrected chi connectivity index (χ4v) is 1.60. The van der Waals surface area contributed by atoms with Gasteiger partial charge in [-0.3, -0.25) is 10.8 Å². The molecular formula is C12H10BrN3. The Labute approximate surface area is 102 Å². The Morgan fingerprint density at radius 1 is 1.19 bits per heavy atom. The van der Waals surface area contributed by atoms with Crippen molar-refractivity contribution in [2.45, 2.75) is 0 Å². The van der Waals surface area contributed by atoms with Crippen LogP contribution in [-0.2, 0) is 0 Å². The number of nitrogens with zero attached hydrogens (tertiary/aromatic N) is 1. The predicted octanol–water partition coefficient (Wildman–Crippen LogP) is 3.32. The van der Waals surface area contributed by atoms with Crippen LogP contribution >= 0.6 is 15.9 Å². The van der Waals surface area contributed by atoms with Crippen LogP contribution in [0.1, 0.15) is 0 Å². The summed E-state index contributed by atoms with van der Waals surface area (Å²) in [6.07, 6.45) is 5.47. The van der Waals surface area contributed by atoms with Crippen molar-refractivity contribution in [2.24, 2.45) is 5.10 Å². The average molecular weight is 276 g/mol. The highest BCUT2D eigenvalue weighted by Gasteiger charge is 2.10. The van der Waals surface area contributed by atoms with Gasteiger partial charge in [0.25, 0.3) is 0 Å². The molecule has 0 amide bonds. The van der Waals surface area contributed by atoms with Gasteiger partial charge in [0.2, 0.25) is 0 Å². The van der Waals surface area contributed by atoms with Crippen molar-refractivity contribution >= 4 is 33.0 Å². The van der Waals surface area contributed by atoms with Gasteiger partial charge in [0.05, 0.1) is 11.4 Å². The summed E-state index contributed by atoms with van der Waals surface area (Å²) < 4.78 is 0.739. The molecule has 1 aliphatic rings. The molecule has 0 aromatic heterocycles. The zero-order chi connectivity index (χ0) is 11.4. The number of allylic oxidation sites excluding steroid dienone is 4. The van der Waals surface area contributed by atoms with Crippen molar-refractivity contribution < 1.29 is 0 Å². The summed E-state index contributed by atoms with van der Waals surface area (Å²) in [5.74, 6) is 0. The van der Waals surface area contributed by atoms with Crippen LogP contribution < -0.4 is 5.43 Å². The molecule has 0 unspecified atom stereocenters. The summed E-state index contributed by atoms with van der Waals surface area (Å²) in [5, 5.41) is 11.9. The highest BCUT2D eigenvalue weighted by Crippen LogP contribution is 2.13. The monoisotopic (exact) mass is 275 g/mol. The van der Waals surface area contributed by atoms with Crippen LogP contribution in [0.25, 0.3) is 0 Å². The largest absolute Gasteiger partial charge is 0.297 e. The van der Waals surface area contributed by atoms with Crippen molar-refractivity contribution in [1.29, 1.82) is 5.41 Å². The number of rotatable bonds is 2. The second-order valence-corrected chi connectivity index (χ2v) is 4.08. The van der Waals surface area contributed by atoms with E-state index in [-0.39, 0.29) is 0 Å². The maximum absolute atomic E-state index is 7.78. The molecular weight excluding hydrogens is 266 g/mol. The molecule has 4 heteroatoms. The van der Waals surface area contributed by atoms with Crippen LogP contribution in [0.15, 0.2) is 58.1 Å². The Morgan fingerprint density at radius 3 is 2.69 bits per heavy atom. The van der Waals surface area contributed by atoms with E-state index in [2.05, 4.69) is 26.5 Å². The number of benzene rings is 1. The third kappa shape index (κ3) is 2.46. The molecule has 0 saturated heterocycles. The number of para-hydroxylation sites is 1. The molecule has 0 atom stereocenters. The fraction of sp³-hybridized carbons (Fsp3) is 0. The van der Waals surface area contributed by atoms with Crippen molar-refractivity contribution in [3.63, 3.8) is 0 Å². The third-order valence-corrected chi connectivity index (χ3v) is 2.73. The fourth-order valence-electron chi connectivity index (χ4n) is 1.24. The van der Waals surface area contributed by atoms with Crippen LogP contribution in [-0.4, -0.2) is 11.4 Å². The van der Waals surface area contributed by atoms with Crippen LogP contribution in [0.5, 0.6) is 0 Å². The van der Waals surface area contributed by atoms with Crippen molar-refractivity contribution in [3.05, 3.63) is 53.0 Å². The Kier molecular flexibility index (Phi) is 3.31. The van der Waals surface area contributed by atoms with Gasteiger partial charge in [-0.25, -0.2) is 0 Å². The lowest BCUT2D eigenvalue weighted by molar-refractivity contribution is 1.34. The molecule has 0 spiro atoms. The molecule has 0 aliphatic heterocycles. The lowest BCUT2D eigenvalue weighted by Crippen LogP contribution is -2.14. The zero-order valence-electron chi connectivity index (χ0n) is 8.44. The molecule has 0 fully saturated rings. The third-order valence-electron chi connectivity index (χ3n) is 2.07. The van der Waals surface area contributed by atoms with Gasteiger partial charge in [-0.2, -0.15) is 5.10 Å². The lowest BCUT2D eigenvalue weighted by Gasteiger charge is -2.07. The van der Waals surface area contributed by atoms with E-state index in [1.807, 2.05) is 42.5 Å². The van der Waals surface area contributed by atoms with E-state index >= 15 is 0 Å². The van der Waals surface area contributed by atoms with Crippen LogP contribution in [0, 0.1) is 5.41 Å². The molecule has 0 bridgehead atoms. The molecule has 2 rings (SSSR count). The van der Waals surface area contributed by atoms with E-state index in [1.165, 1.54) is 0 Å². The van der Waals surface area contributed by atoms with E-state index in [9.17, 15) is 0 Å². The number of halogens is 1. The van der Waals surface area contributed by atoms with E-state index in [0.717, 1.165) is 10.2 Å². The molecule has 2 N–H and O–H groups in total. The van der Waals surface area contributed by atoms with E-state index in [1.54, 1.807) is 6.08 Å². The van der Waals surface area contributed by atoms with E-state index in [0.29, 0.717) is 11.4 Å². The highest BCUT2D eigenvalue weighted by molar-refractivity contribution is 9.12. The van der Waals surface area contributed by atoms with Gasteiger partial charge < -0.3 is 0 Å². The lowest BCUT2D eigenvalue weighted by atomic mass is 10.1. The number of anilines is 1. The maximum Gasteiger partial charge on any atom is 0.109 e. The molecule has 80 valence electrons. The Morgan fingerprint density at radius 2 is 1.94 bits per heavy atom. The second-order valence-electron chi connectivity index (χ2n) is 3.22. The summed E-state index contributed by atoms with van der Waals surface area (Å²) >= 11 is 3.30. The van der Waals surface area contributed by atoms with E-state index in [4.69, 9.17) is 5.41 Å². The summed E-state index contributed by atoms with van der Waals surface area (Å²) in [7, 11) is 0. The van der Waals surface area contributed by atoms with Gasteiger partial charge in [-0.15, -0.1) is 0 Å². The molecule has 0 radical (unpaired) electrons. The normalized spacial score (nSPS) is 17.4. The number of hydrazone groups is 1. The zero-order valence-corrected chi connectivity index (χ0v) is 10.0. The Bertz CT molecular complexity index is 486. The second kappa shape index (κ2) is 4.90. The molecule has 1 aromatic carbocycles. The quantitative estimate of drug-likeness (QED) is 0.631. The first kappa shape index (κ1) is 10.8. The summed E-state index contributed by atoms with van der Waals surface area (Å²) in [5.41, 5.74) is 4.81. The number of hydrogen-bond acceptors (Lipinski definition) is 3. The number of nitrogens with one attached hydrogen (secondary N) is 2. The minimum atomic E-state index is 0.380. The maximum atomic E-state index is 7.78. The first-order valence-corrected chi connectivity index (χ1v) is 5.58. The van der Waals surface area contributed by atoms with E-state index < -0.39 is 0 Å². The van der Waals surface area contributed by atoms with Crippen molar-refractivity contribution in [3.8, 4) is 0 Å². The first-order chi connectivity index (χ1) is 7.77.